The van der Waals surface area contributed by atoms with Gasteiger partial charge in [-0.25, -0.2) is 0 Å². The summed E-state index contributed by atoms with van der Waals surface area (Å²) in [6.45, 7) is 6.13. The summed E-state index contributed by atoms with van der Waals surface area (Å²) in [5, 5.41) is 2.98. The Balaban J connectivity index is 1.23. The molecule has 1 fully saturated rings. The number of benzene rings is 2. The number of hydrogen-bond donors (Lipinski definition) is 2. The Morgan fingerprint density at radius 2 is 1.48 bits per heavy atom. The summed E-state index contributed by atoms with van der Waals surface area (Å²) in [6, 6.07) is 25.6. The average molecular weight is 417 g/mol. The summed E-state index contributed by atoms with van der Waals surface area (Å²) >= 11 is 0. The molecule has 5 nitrogen and oxygen atoms in total. The second-order valence-electron chi connectivity index (χ2n) is 8.15. The number of hydrogen-bond acceptors (Lipinski definition) is 3. The number of H-pyrrole nitrogens is 1. The number of rotatable bonds is 9. The minimum Gasteiger partial charge on any atom is -0.357 e. The smallest absolute Gasteiger partial charge is 0.267 e. The standard InChI is InChI=1S/C26H32N4O/c31-26(24-14-9-16-27-24)28-15-7-8-17-29-18-20-30(21-19-29)25(22-10-3-1-4-11-22)23-12-5-2-6-13-23/h1-6,9-14,16,25,27H,7-8,15,17-21H2,(H,28,31). The van der Waals surface area contributed by atoms with Gasteiger partial charge in [0.2, 0.25) is 0 Å². The van der Waals surface area contributed by atoms with Crippen molar-refractivity contribution in [2.24, 2.45) is 0 Å². The van der Waals surface area contributed by atoms with Gasteiger partial charge in [-0.1, -0.05) is 60.7 Å². The molecule has 162 valence electrons. The van der Waals surface area contributed by atoms with Crippen LogP contribution in [0.25, 0.3) is 0 Å². The molecule has 1 saturated heterocycles. The maximum Gasteiger partial charge on any atom is 0.267 e. The highest BCUT2D eigenvalue weighted by Gasteiger charge is 2.26. The number of piperazine rings is 1. The number of nitrogens with one attached hydrogen (secondary N) is 2. The third kappa shape index (κ3) is 5.84. The van der Waals surface area contributed by atoms with E-state index in [-0.39, 0.29) is 5.91 Å². The predicted octanol–water partition coefficient (Wildman–Crippen LogP) is 3.93. The quantitative estimate of drug-likeness (QED) is 0.520. The molecule has 0 spiro atoms. The van der Waals surface area contributed by atoms with Crippen molar-refractivity contribution in [2.45, 2.75) is 18.9 Å². The third-order valence-electron chi connectivity index (χ3n) is 6.03. The number of amides is 1. The Bertz CT molecular complexity index is 864. The van der Waals surface area contributed by atoms with Crippen LogP contribution >= 0.6 is 0 Å². The molecule has 1 aliphatic heterocycles. The van der Waals surface area contributed by atoms with Crippen LogP contribution in [-0.4, -0.2) is 60.0 Å². The van der Waals surface area contributed by atoms with E-state index < -0.39 is 0 Å². The van der Waals surface area contributed by atoms with Crippen LogP contribution in [0, 0.1) is 0 Å². The zero-order valence-electron chi connectivity index (χ0n) is 18.0. The van der Waals surface area contributed by atoms with E-state index >= 15 is 0 Å². The average Bonchev–Trinajstić information content (AvgIpc) is 3.37. The van der Waals surface area contributed by atoms with E-state index in [1.807, 2.05) is 6.07 Å². The molecule has 0 aliphatic carbocycles. The van der Waals surface area contributed by atoms with E-state index in [0.717, 1.165) is 52.1 Å². The first-order valence-electron chi connectivity index (χ1n) is 11.3. The summed E-state index contributed by atoms with van der Waals surface area (Å²) in [7, 11) is 0. The Morgan fingerprint density at radius 3 is 2.06 bits per heavy atom. The van der Waals surface area contributed by atoms with Gasteiger partial charge in [0.1, 0.15) is 5.69 Å². The lowest BCUT2D eigenvalue weighted by atomic mass is 9.96. The molecule has 0 bridgehead atoms. The molecule has 31 heavy (non-hydrogen) atoms. The Morgan fingerprint density at radius 1 is 0.839 bits per heavy atom. The lowest BCUT2D eigenvalue weighted by molar-refractivity contribution is 0.0945. The van der Waals surface area contributed by atoms with Crippen LogP contribution < -0.4 is 5.32 Å². The second-order valence-corrected chi connectivity index (χ2v) is 8.15. The van der Waals surface area contributed by atoms with E-state index in [4.69, 9.17) is 0 Å². The number of nitrogens with zero attached hydrogens (tertiary/aromatic N) is 2. The van der Waals surface area contributed by atoms with Crippen molar-refractivity contribution < 1.29 is 4.79 Å². The predicted molar refractivity (Wildman–Crippen MR) is 125 cm³/mol. The first-order valence-corrected chi connectivity index (χ1v) is 11.3. The molecular formula is C26H32N4O. The zero-order chi connectivity index (χ0) is 21.3. The van der Waals surface area contributed by atoms with E-state index in [2.05, 4.69) is 80.8 Å². The summed E-state index contributed by atoms with van der Waals surface area (Å²) in [5.41, 5.74) is 3.35. The van der Waals surface area contributed by atoms with E-state index in [1.165, 1.54) is 11.1 Å². The normalized spacial score (nSPS) is 15.3. The molecule has 2 heterocycles. The maximum atomic E-state index is 11.9. The highest BCUT2D eigenvalue weighted by molar-refractivity contribution is 5.92. The molecule has 5 heteroatoms. The molecule has 0 atom stereocenters. The number of carbonyl (C=O) groups is 1. The molecule has 2 N–H and O–H groups in total. The molecule has 0 unspecified atom stereocenters. The molecule has 2 aromatic carbocycles. The van der Waals surface area contributed by atoms with Gasteiger partial charge in [-0.2, -0.15) is 0 Å². The molecule has 1 amide bonds. The highest BCUT2D eigenvalue weighted by atomic mass is 16.1. The third-order valence-corrected chi connectivity index (χ3v) is 6.03. The Kier molecular flexibility index (Phi) is 7.53. The Hall–Kier alpha value is -2.89. The van der Waals surface area contributed by atoms with Gasteiger partial charge >= 0.3 is 0 Å². The van der Waals surface area contributed by atoms with E-state index in [0.29, 0.717) is 11.7 Å². The minimum absolute atomic E-state index is 0.0218. The number of aromatic amines is 1. The fraction of sp³-hybridized carbons (Fsp3) is 0.346. The topological polar surface area (TPSA) is 51.4 Å². The summed E-state index contributed by atoms with van der Waals surface area (Å²) in [4.78, 5) is 20.0. The summed E-state index contributed by atoms with van der Waals surface area (Å²) in [6.07, 6.45) is 3.88. The van der Waals surface area contributed by atoms with Crippen LogP contribution in [0.2, 0.25) is 0 Å². The largest absolute Gasteiger partial charge is 0.357 e. The van der Waals surface area contributed by atoms with Crippen molar-refractivity contribution in [1.82, 2.24) is 20.1 Å². The van der Waals surface area contributed by atoms with E-state index in [1.54, 1.807) is 12.3 Å². The second kappa shape index (κ2) is 10.9. The molecule has 4 rings (SSSR count). The van der Waals surface area contributed by atoms with Gasteiger partial charge in [-0.15, -0.1) is 0 Å². The van der Waals surface area contributed by atoms with Crippen LogP contribution in [0.4, 0.5) is 0 Å². The van der Waals surface area contributed by atoms with Gasteiger partial charge in [0.05, 0.1) is 6.04 Å². The van der Waals surface area contributed by atoms with Crippen LogP contribution in [0.3, 0.4) is 0 Å². The maximum absolute atomic E-state index is 11.9. The number of unbranched alkanes of at least 4 members (excludes halogenated alkanes) is 1. The number of aromatic nitrogens is 1. The monoisotopic (exact) mass is 416 g/mol. The summed E-state index contributed by atoms with van der Waals surface area (Å²) < 4.78 is 0. The van der Waals surface area contributed by atoms with E-state index in [9.17, 15) is 4.79 Å². The van der Waals surface area contributed by atoms with Crippen molar-refractivity contribution >= 4 is 5.91 Å². The van der Waals surface area contributed by atoms with Crippen LogP contribution in [0.1, 0.15) is 40.5 Å². The van der Waals surface area contributed by atoms with Crippen molar-refractivity contribution in [1.29, 1.82) is 0 Å². The minimum atomic E-state index is -0.0218. The van der Waals surface area contributed by atoms with Gasteiger partial charge in [0.25, 0.3) is 5.91 Å². The van der Waals surface area contributed by atoms with Crippen molar-refractivity contribution in [3.63, 3.8) is 0 Å². The Labute approximate surface area is 185 Å². The van der Waals surface area contributed by atoms with Gasteiger partial charge in [-0.05, 0) is 42.6 Å². The molecule has 3 aromatic rings. The lowest BCUT2D eigenvalue weighted by Gasteiger charge is -2.39. The molecule has 1 aliphatic rings. The van der Waals surface area contributed by atoms with Crippen molar-refractivity contribution in [2.75, 3.05) is 39.3 Å². The fourth-order valence-corrected chi connectivity index (χ4v) is 4.36. The van der Waals surface area contributed by atoms with Crippen molar-refractivity contribution in [3.05, 3.63) is 95.8 Å². The fourth-order valence-electron chi connectivity index (χ4n) is 4.36. The molecule has 0 radical (unpaired) electrons. The van der Waals surface area contributed by atoms with Crippen LogP contribution in [-0.2, 0) is 0 Å². The molecular weight excluding hydrogens is 384 g/mol. The van der Waals surface area contributed by atoms with Crippen LogP contribution in [0.15, 0.2) is 79.0 Å². The highest BCUT2D eigenvalue weighted by Crippen LogP contribution is 2.29. The zero-order valence-corrected chi connectivity index (χ0v) is 18.0. The summed E-state index contributed by atoms with van der Waals surface area (Å²) in [5.74, 6) is -0.0218. The molecule has 1 aromatic heterocycles. The first kappa shape index (κ1) is 21.3. The molecule has 0 saturated carbocycles. The lowest BCUT2D eigenvalue weighted by Crippen LogP contribution is -2.48. The van der Waals surface area contributed by atoms with Gasteiger partial charge in [0, 0.05) is 38.9 Å². The van der Waals surface area contributed by atoms with Gasteiger partial charge in [0.15, 0.2) is 0 Å². The van der Waals surface area contributed by atoms with Gasteiger partial charge in [-0.3, -0.25) is 9.69 Å². The van der Waals surface area contributed by atoms with Gasteiger partial charge < -0.3 is 15.2 Å². The SMILES string of the molecule is O=C(NCCCCN1CCN(C(c2ccccc2)c2ccccc2)CC1)c1ccc[nH]1. The first-order chi connectivity index (χ1) is 15.3. The van der Waals surface area contributed by atoms with Crippen molar-refractivity contribution in [3.8, 4) is 0 Å². The van der Waals surface area contributed by atoms with Crippen LogP contribution in [0.5, 0.6) is 0 Å². The number of carbonyl (C=O) groups excluding carboxylic acids is 1.